The van der Waals surface area contributed by atoms with Gasteiger partial charge in [0.05, 0.1) is 4.90 Å². The maximum Gasteiger partial charge on any atom is 0.240 e. The zero-order chi connectivity index (χ0) is 22.1. The van der Waals surface area contributed by atoms with Crippen LogP contribution in [0.15, 0.2) is 77.7 Å². The van der Waals surface area contributed by atoms with Crippen molar-refractivity contribution in [1.29, 1.82) is 0 Å². The van der Waals surface area contributed by atoms with Crippen LogP contribution in [0.2, 0.25) is 0 Å². The molecule has 1 aliphatic heterocycles. The number of benzene rings is 3. The average Bonchev–Trinajstić information content (AvgIpc) is 3.24. The first-order chi connectivity index (χ1) is 15.5. The summed E-state index contributed by atoms with van der Waals surface area (Å²) >= 11 is 0. The summed E-state index contributed by atoms with van der Waals surface area (Å²) in [6.07, 6.45) is 4.85. The van der Waals surface area contributed by atoms with Gasteiger partial charge in [0, 0.05) is 24.3 Å². The van der Waals surface area contributed by atoms with E-state index in [1.54, 1.807) is 36.4 Å². The van der Waals surface area contributed by atoms with Gasteiger partial charge in [-0.1, -0.05) is 42.5 Å². The van der Waals surface area contributed by atoms with Gasteiger partial charge in [0.15, 0.2) is 0 Å². The van der Waals surface area contributed by atoms with E-state index in [-0.39, 0.29) is 16.8 Å². The van der Waals surface area contributed by atoms with E-state index < -0.39 is 10.0 Å². The highest BCUT2D eigenvalue weighted by molar-refractivity contribution is 7.89. The Morgan fingerprint density at radius 3 is 2.31 bits per heavy atom. The molecule has 0 radical (unpaired) electrons. The number of hydrogen-bond acceptors (Lipinski definition) is 3. The lowest BCUT2D eigenvalue weighted by atomic mass is 9.90. The Hall–Kier alpha value is -2.70. The van der Waals surface area contributed by atoms with Crippen molar-refractivity contribution in [2.24, 2.45) is 0 Å². The van der Waals surface area contributed by atoms with Gasteiger partial charge < -0.3 is 4.90 Å². The minimum absolute atomic E-state index is 0.0664. The van der Waals surface area contributed by atoms with E-state index in [2.05, 4.69) is 33.9 Å². The second-order valence-corrected chi connectivity index (χ2v) is 10.5. The van der Waals surface area contributed by atoms with Gasteiger partial charge in [-0.05, 0) is 79.1 Å². The molecule has 0 aromatic heterocycles. The summed E-state index contributed by atoms with van der Waals surface area (Å²) in [4.78, 5) is 2.73. The summed E-state index contributed by atoms with van der Waals surface area (Å²) in [6, 6.07) is 21.8. The molecule has 3 aromatic rings. The van der Waals surface area contributed by atoms with Gasteiger partial charge in [0.2, 0.25) is 10.0 Å². The van der Waals surface area contributed by atoms with Crippen LogP contribution in [0.3, 0.4) is 0 Å². The predicted molar refractivity (Wildman–Crippen MR) is 126 cm³/mol. The molecule has 1 aliphatic carbocycles. The lowest BCUT2D eigenvalue weighted by Crippen LogP contribution is -2.45. The molecule has 2 atom stereocenters. The fourth-order valence-corrected chi connectivity index (χ4v) is 6.34. The maximum atomic E-state index is 13.2. The zero-order valence-corrected chi connectivity index (χ0v) is 18.7. The number of hydrogen-bond donors (Lipinski definition) is 1. The van der Waals surface area contributed by atoms with Gasteiger partial charge in [-0.3, -0.25) is 0 Å². The largest absolute Gasteiger partial charge is 0.368 e. The number of fused-ring (bicyclic) bond motifs is 1. The number of rotatable bonds is 5. The Bertz CT molecular complexity index is 1190. The minimum atomic E-state index is -3.60. The van der Waals surface area contributed by atoms with Crippen molar-refractivity contribution in [3.05, 3.63) is 84.2 Å². The van der Waals surface area contributed by atoms with Gasteiger partial charge in [-0.15, -0.1) is 0 Å². The highest BCUT2D eigenvalue weighted by atomic mass is 32.2. The Kier molecular flexibility index (Phi) is 5.74. The second kappa shape index (κ2) is 8.68. The van der Waals surface area contributed by atoms with Crippen LogP contribution in [-0.2, 0) is 16.4 Å². The van der Waals surface area contributed by atoms with Gasteiger partial charge in [-0.25, -0.2) is 17.5 Å². The molecule has 2 unspecified atom stereocenters. The summed E-state index contributed by atoms with van der Waals surface area (Å²) in [5.41, 5.74) is 4.40. The van der Waals surface area contributed by atoms with Crippen molar-refractivity contribution in [3.8, 4) is 11.1 Å². The van der Waals surface area contributed by atoms with Crippen molar-refractivity contribution in [2.45, 2.75) is 49.1 Å². The summed E-state index contributed by atoms with van der Waals surface area (Å²) in [5.74, 6) is -0.291. The lowest BCUT2D eigenvalue weighted by Gasteiger charge is -2.37. The van der Waals surface area contributed by atoms with Gasteiger partial charge >= 0.3 is 0 Å². The fraction of sp³-hybridized carbons (Fsp3) is 0.308. The first kappa shape index (κ1) is 21.2. The number of anilines is 1. The molecular formula is C26H27FN2O2S. The molecule has 1 heterocycles. The number of halogens is 1. The SMILES string of the molecule is O=S(=O)(NC1CCCC(N2CCc3ccccc32)C1)c1ccc(-c2ccc(F)cc2)cc1. The number of sulfonamides is 1. The minimum Gasteiger partial charge on any atom is -0.368 e. The van der Waals surface area contributed by atoms with Gasteiger partial charge in [-0.2, -0.15) is 0 Å². The Balaban J connectivity index is 1.27. The molecule has 3 aromatic carbocycles. The van der Waals surface area contributed by atoms with Crippen LogP contribution in [-0.4, -0.2) is 27.0 Å². The second-order valence-electron chi connectivity index (χ2n) is 8.74. The van der Waals surface area contributed by atoms with E-state index in [1.807, 2.05) is 0 Å². The molecule has 32 heavy (non-hydrogen) atoms. The van der Waals surface area contributed by atoms with Crippen LogP contribution in [0, 0.1) is 5.82 Å². The molecule has 0 amide bonds. The van der Waals surface area contributed by atoms with E-state index >= 15 is 0 Å². The molecule has 1 N–H and O–H groups in total. The summed E-state index contributed by atoms with van der Waals surface area (Å²) < 4.78 is 42.2. The molecule has 5 rings (SSSR count). The third-order valence-electron chi connectivity index (χ3n) is 6.67. The lowest BCUT2D eigenvalue weighted by molar-refractivity contribution is 0.358. The third-order valence-corrected chi connectivity index (χ3v) is 8.21. The first-order valence-corrected chi connectivity index (χ1v) is 12.7. The monoisotopic (exact) mass is 450 g/mol. The van der Waals surface area contributed by atoms with E-state index in [9.17, 15) is 12.8 Å². The number of nitrogens with zero attached hydrogens (tertiary/aromatic N) is 1. The van der Waals surface area contributed by atoms with Crippen LogP contribution in [0.5, 0.6) is 0 Å². The Morgan fingerprint density at radius 1 is 0.875 bits per heavy atom. The zero-order valence-electron chi connectivity index (χ0n) is 17.9. The normalized spacial score (nSPS) is 20.8. The quantitative estimate of drug-likeness (QED) is 0.585. The van der Waals surface area contributed by atoms with Crippen molar-refractivity contribution < 1.29 is 12.8 Å². The van der Waals surface area contributed by atoms with Crippen molar-refractivity contribution in [3.63, 3.8) is 0 Å². The predicted octanol–water partition coefficient (Wildman–Crippen LogP) is 5.14. The van der Waals surface area contributed by atoms with E-state index in [1.165, 1.54) is 23.4 Å². The fourth-order valence-electron chi connectivity index (χ4n) is 5.05. The van der Waals surface area contributed by atoms with Crippen LogP contribution >= 0.6 is 0 Å². The molecule has 1 saturated carbocycles. The van der Waals surface area contributed by atoms with E-state index in [0.717, 1.165) is 49.8 Å². The maximum absolute atomic E-state index is 13.2. The molecule has 6 heteroatoms. The van der Waals surface area contributed by atoms with Crippen LogP contribution in [0.4, 0.5) is 10.1 Å². The molecular weight excluding hydrogens is 423 g/mol. The Morgan fingerprint density at radius 2 is 1.56 bits per heavy atom. The molecule has 0 spiro atoms. The van der Waals surface area contributed by atoms with E-state index in [4.69, 9.17) is 0 Å². The molecule has 4 nitrogen and oxygen atoms in total. The van der Waals surface area contributed by atoms with Crippen molar-refractivity contribution in [2.75, 3.05) is 11.4 Å². The first-order valence-electron chi connectivity index (χ1n) is 11.2. The van der Waals surface area contributed by atoms with Crippen molar-refractivity contribution in [1.82, 2.24) is 4.72 Å². The summed E-state index contributed by atoms with van der Waals surface area (Å²) in [7, 11) is -3.60. The van der Waals surface area contributed by atoms with Crippen molar-refractivity contribution >= 4 is 15.7 Å². The molecule has 2 aliphatic rings. The Labute approximate surface area is 189 Å². The molecule has 166 valence electrons. The smallest absolute Gasteiger partial charge is 0.240 e. The average molecular weight is 451 g/mol. The van der Waals surface area contributed by atoms with Gasteiger partial charge in [0.1, 0.15) is 5.82 Å². The molecule has 0 bridgehead atoms. The number of para-hydroxylation sites is 1. The summed E-state index contributed by atoms with van der Waals surface area (Å²) in [5, 5.41) is 0. The van der Waals surface area contributed by atoms with Gasteiger partial charge in [0.25, 0.3) is 0 Å². The highest BCUT2D eigenvalue weighted by Crippen LogP contribution is 2.34. The standard InChI is InChI=1S/C26H27FN2O2S/c27-22-12-8-19(9-13-22)20-10-14-25(15-11-20)32(30,31)28-23-5-3-6-24(18-23)29-17-16-21-4-1-2-7-26(21)29/h1-2,4,7-15,23-24,28H,3,5-6,16-18H2. The number of nitrogens with one attached hydrogen (secondary N) is 1. The highest BCUT2D eigenvalue weighted by Gasteiger charge is 2.32. The third kappa shape index (κ3) is 4.30. The summed E-state index contributed by atoms with van der Waals surface area (Å²) in [6.45, 7) is 1.01. The van der Waals surface area contributed by atoms with Crippen LogP contribution in [0.1, 0.15) is 31.2 Å². The van der Waals surface area contributed by atoms with Crippen LogP contribution < -0.4 is 9.62 Å². The topological polar surface area (TPSA) is 49.4 Å². The van der Waals surface area contributed by atoms with E-state index in [0.29, 0.717) is 6.04 Å². The van der Waals surface area contributed by atoms with Crippen LogP contribution in [0.25, 0.3) is 11.1 Å². The molecule has 0 saturated heterocycles. The molecule has 1 fully saturated rings.